The highest BCUT2D eigenvalue weighted by Crippen LogP contribution is 2.33. The molecule has 1 heterocycles. The van der Waals surface area contributed by atoms with Gasteiger partial charge < -0.3 is 14.9 Å². The number of nitrogens with two attached hydrogens (primary N) is 1. The lowest BCUT2D eigenvalue weighted by Crippen LogP contribution is -2.31. The van der Waals surface area contributed by atoms with E-state index in [1.54, 1.807) is 11.8 Å². The van der Waals surface area contributed by atoms with E-state index in [2.05, 4.69) is 6.92 Å². The summed E-state index contributed by atoms with van der Waals surface area (Å²) in [6.45, 7) is 3.98. The van der Waals surface area contributed by atoms with Crippen LogP contribution < -0.4 is 10.5 Å². The van der Waals surface area contributed by atoms with Crippen LogP contribution in [0.15, 0.2) is 45.7 Å². The van der Waals surface area contributed by atoms with Gasteiger partial charge in [0.2, 0.25) is 0 Å². The predicted octanol–water partition coefficient (Wildman–Crippen LogP) is 4.17. The quantitative estimate of drug-likeness (QED) is 0.812. The fraction of sp³-hybridized carbons (Fsp3) is 0.375. The lowest BCUT2D eigenvalue weighted by Gasteiger charge is -2.23. The van der Waals surface area contributed by atoms with E-state index in [4.69, 9.17) is 14.9 Å². The average Bonchev–Trinajstić information content (AvgIpc) is 2.90. The Balaban J connectivity index is 2.28. The van der Waals surface area contributed by atoms with Gasteiger partial charge in [0.1, 0.15) is 17.3 Å². The number of para-hydroxylation sites is 1. The molecule has 0 aliphatic carbocycles. The van der Waals surface area contributed by atoms with Crippen molar-refractivity contribution in [1.82, 2.24) is 0 Å². The Morgan fingerprint density at radius 1 is 1.25 bits per heavy atom. The van der Waals surface area contributed by atoms with Gasteiger partial charge in [0, 0.05) is 10.9 Å². The highest BCUT2D eigenvalue weighted by atomic mass is 32.2. The number of benzene rings is 1. The number of aryl methyl sites for hydroxylation is 1. The van der Waals surface area contributed by atoms with E-state index in [9.17, 15) is 0 Å². The minimum atomic E-state index is -0.262. The highest BCUT2D eigenvalue weighted by Gasteiger charge is 2.24. The number of hydrogen-bond donors (Lipinski definition) is 1. The Kier molecular flexibility index (Phi) is 5.15. The van der Waals surface area contributed by atoms with Crippen molar-refractivity contribution in [3.8, 4) is 5.75 Å². The molecule has 0 radical (unpaired) electrons. The monoisotopic (exact) mass is 291 g/mol. The van der Waals surface area contributed by atoms with Crippen LogP contribution in [0.25, 0.3) is 0 Å². The van der Waals surface area contributed by atoms with Crippen molar-refractivity contribution in [2.24, 2.45) is 5.73 Å². The lowest BCUT2D eigenvalue weighted by atomic mass is 10.1. The highest BCUT2D eigenvalue weighted by molar-refractivity contribution is 7.98. The van der Waals surface area contributed by atoms with E-state index in [1.165, 1.54) is 0 Å². The second kappa shape index (κ2) is 6.86. The van der Waals surface area contributed by atoms with Crippen LogP contribution in [-0.2, 0) is 0 Å². The summed E-state index contributed by atoms with van der Waals surface area (Å²) in [5.74, 6) is 2.51. The van der Waals surface area contributed by atoms with Gasteiger partial charge in [-0.15, -0.1) is 11.8 Å². The van der Waals surface area contributed by atoms with Crippen LogP contribution in [0.1, 0.15) is 31.0 Å². The van der Waals surface area contributed by atoms with Crippen molar-refractivity contribution in [3.05, 3.63) is 47.9 Å². The molecule has 2 unspecified atom stereocenters. The summed E-state index contributed by atoms with van der Waals surface area (Å²) in [7, 11) is 0. The zero-order chi connectivity index (χ0) is 14.5. The maximum absolute atomic E-state index is 6.21. The van der Waals surface area contributed by atoms with E-state index in [0.717, 1.165) is 28.6 Å². The first-order valence-electron chi connectivity index (χ1n) is 6.77. The van der Waals surface area contributed by atoms with Gasteiger partial charge in [0.05, 0.1) is 0 Å². The normalized spacial score (nSPS) is 14.0. The van der Waals surface area contributed by atoms with Gasteiger partial charge in [-0.3, -0.25) is 0 Å². The molecule has 0 bridgehead atoms. The van der Waals surface area contributed by atoms with Crippen molar-refractivity contribution >= 4 is 11.8 Å². The van der Waals surface area contributed by atoms with E-state index in [-0.39, 0.29) is 12.1 Å². The summed E-state index contributed by atoms with van der Waals surface area (Å²) in [6.07, 6.45) is 2.60. The Morgan fingerprint density at radius 3 is 2.60 bits per heavy atom. The van der Waals surface area contributed by atoms with E-state index in [0.29, 0.717) is 0 Å². The third kappa shape index (κ3) is 3.38. The van der Waals surface area contributed by atoms with E-state index in [1.807, 2.05) is 49.6 Å². The van der Waals surface area contributed by atoms with Gasteiger partial charge >= 0.3 is 0 Å². The van der Waals surface area contributed by atoms with Crippen LogP contribution in [0, 0.1) is 6.92 Å². The summed E-state index contributed by atoms with van der Waals surface area (Å²) in [5, 5.41) is 0. The summed E-state index contributed by atoms with van der Waals surface area (Å²) in [4.78, 5) is 1.10. The molecule has 0 saturated heterocycles. The van der Waals surface area contributed by atoms with Crippen molar-refractivity contribution in [2.45, 2.75) is 37.3 Å². The van der Waals surface area contributed by atoms with Crippen LogP contribution in [0.4, 0.5) is 0 Å². The van der Waals surface area contributed by atoms with Gasteiger partial charge in [0.15, 0.2) is 6.10 Å². The van der Waals surface area contributed by atoms with Gasteiger partial charge in [-0.25, -0.2) is 0 Å². The van der Waals surface area contributed by atoms with Crippen molar-refractivity contribution in [1.29, 1.82) is 0 Å². The molecule has 4 heteroatoms. The zero-order valence-corrected chi connectivity index (χ0v) is 12.9. The largest absolute Gasteiger partial charge is 0.480 e. The third-order valence-electron chi connectivity index (χ3n) is 3.22. The predicted molar refractivity (Wildman–Crippen MR) is 83.3 cm³/mol. The number of hydrogen-bond acceptors (Lipinski definition) is 4. The van der Waals surface area contributed by atoms with Crippen molar-refractivity contribution < 1.29 is 9.15 Å². The fourth-order valence-electron chi connectivity index (χ4n) is 2.03. The molecule has 108 valence electrons. The smallest absolute Gasteiger partial charge is 0.171 e. The van der Waals surface area contributed by atoms with Gasteiger partial charge in [0.25, 0.3) is 0 Å². The maximum atomic E-state index is 6.21. The first kappa shape index (κ1) is 15.0. The van der Waals surface area contributed by atoms with E-state index >= 15 is 0 Å². The first-order chi connectivity index (χ1) is 9.65. The molecule has 1 aromatic heterocycles. The summed E-state index contributed by atoms with van der Waals surface area (Å²) >= 11 is 1.66. The van der Waals surface area contributed by atoms with Gasteiger partial charge in [-0.2, -0.15) is 0 Å². The molecule has 20 heavy (non-hydrogen) atoms. The van der Waals surface area contributed by atoms with Crippen LogP contribution >= 0.6 is 11.8 Å². The molecule has 0 fully saturated rings. The molecule has 0 amide bonds. The second-order valence-electron chi connectivity index (χ2n) is 4.71. The van der Waals surface area contributed by atoms with Gasteiger partial charge in [-0.05, 0) is 43.9 Å². The maximum Gasteiger partial charge on any atom is 0.171 e. The molecule has 0 aliphatic rings. The molecular formula is C16H21NO2S. The number of ether oxygens (including phenoxy) is 1. The molecule has 2 atom stereocenters. The Hall–Kier alpha value is -1.39. The minimum absolute atomic E-state index is 0.101. The average molecular weight is 291 g/mol. The molecule has 2 rings (SSSR count). The summed E-state index contributed by atoms with van der Waals surface area (Å²) in [6, 6.07) is 11.8. The number of rotatable bonds is 6. The fourth-order valence-corrected chi connectivity index (χ4v) is 2.56. The second-order valence-corrected chi connectivity index (χ2v) is 5.56. The topological polar surface area (TPSA) is 48.4 Å². The lowest BCUT2D eigenvalue weighted by molar-refractivity contribution is 0.140. The third-order valence-corrected chi connectivity index (χ3v) is 4.00. The van der Waals surface area contributed by atoms with Crippen LogP contribution in [0.2, 0.25) is 0 Å². The molecular weight excluding hydrogens is 270 g/mol. The number of furan rings is 1. The standard InChI is InChI=1S/C16H21NO2S/c1-4-12(17)16(14-10-9-11(2)18-14)19-13-7-5-6-8-15(13)20-3/h5-10,12,16H,4,17H2,1-3H3. The number of thioether (sulfide) groups is 1. The first-order valence-corrected chi connectivity index (χ1v) is 7.99. The van der Waals surface area contributed by atoms with Crippen molar-refractivity contribution in [2.75, 3.05) is 6.26 Å². The van der Waals surface area contributed by atoms with Crippen LogP contribution in [0.5, 0.6) is 5.75 Å². The summed E-state index contributed by atoms with van der Waals surface area (Å²) < 4.78 is 11.9. The molecule has 2 N–H and O–H groups in total. The zero-order valence-electron chi connectivity index (χ0n) is 12.1. The molecule has 2 aromatic rings. The van der Waals surface area contributed by atoms with Gasteiger partial charge in [-0.1, -0.05) is 19.1 Å². The Bertz CT molecular complexity index is 553. The summed E-state index contributed by atoms with van der Waals surface area (Å²) in [5.41, 5.74) is 6.21. The van der Waals surface area contributed by atoms with E-state index < -0.39 is 0 Å². The molecule has 1 aromatic carbocycles. The Labute approximate surface area is 124 Å². The molecule has 0 spiro atoms. The Morgan fingerprint density at radius 2 is 2.00 bits per heavy atom. The molecule has 3 nitrogen and oxygen atoms in total. The SMILES string of the molecule is CCC(N)C(Oc1ccccc1SC)c1ccc(C)o1. The minimum Gasteiger partial charge on any atom is -0.480 e. The van der Waals surface area contributed by atoms with Crippen LogP contribution in [-0.4, -0.2) is 12.3 Å². The van der Waals surface area contributed by atoms with Crippen molar-refractivity contribution in [3.63, 3.8) is 0 Å². The molecule has 0 aliphatic heterocycles. The van der Waals surface area contributed by atoms with Crippen LogP contribution in [0.3, 0.4) is 0 Å². The molecule has 0 saturated carbocycles.